The number of nitrogens with one attached hydrogen (secondary N) is 1. The van der Waals surface area contributed by atoms with E-state index in [1.54, 1.807) is 0 Å². The first-order valence-corrected chi connectivity index (χ1v) is 6.82. The lowest BCUT2D eigenvalue weighted by atomic mass is 9.76. The van der Waals surface area contributed by atoms with Crippen molar-refractivity contribution in [1.82, 2.24) is 5.32 Å². The molecule has 1 saturated heterocycles. The van der Waals surface area contributed by atoms with Crippen LogP contribution in [-0.2, 0) is 4.79 Å². The van der Waals surface area contributed by atoms with E-state index in [4.69, 9.17) is 5.73 Å². The molecule has 4 unspecified atom stereocenters. The molecule has 5 heteroatoms. The van der Waals surface area contributed by atoms with Crippen LogP contribution in [0.3, 0.4) is 0 Å². The topological polar surface area (TPSA) is 55.1 Å². The summed E-state index contributed by atoms with van der Waals surface area (Å²) >= 11 is 0. The van der Waals surface area contributed by atoms with Crippen LogP contribution in [0.1, 0.15) is 37.4 Å². The highest BCUT2D eigenvalue weighted by Crippen LogP contribution is 2.37. The Hall–Kier alpha value is -1.49. The van der Waals surface area contributed by atoms with E-state index in [1.165, 1.54) is 19.1 Å². The first-order chi connectivity index (χ1) is 9.32. The van der Waals surface area contributed by atoms with Crippen molar-refractivity contribution in [1.29, 1.82) is 0 Å². The Morgan fingerprint density at radius 3 is 2.55 bits per heavy atom. The molecule has 1 aromatic rings. The minimum absolute atomic E-state index is 0.0255. The predicted molar refractivity (Wildman–Crippen MR) is 72.9 cm³/mol. The molecule has 0 aliphatic carbocycles. The van der Waals surface area contributed by atoms with Gasteiger partial charge in [-0.15, -0.1) is 0 Å². The fraction of sp³-hybridized carbons (Fsp3) is 0.533. The molecule has 1 aliphatic heterocycles. The van der Waals surface area contributed by atoms with Gasteiger partial charge >= 0.3 is 0 Å². The Balaban J connectivity index is 2.47. The SMILES string of the molecule is Cc1ccc(C2NC(C)CC(C)C2C(N)=O)c(F)c1F. The van der Waals surface area contributed by atoms with Gasteiger partial charge in [-0.25, -0.2) is 8.78 Å². The maximum absolute atomic E-state index is 14.2. The fourth-order valence-corrected chi connectivity index (χ4v) is 3.14. The number of nitrogens with two attached hydrogens (primary N) is 1. The summed E-state index contributed by atoms with van der Waals surface area (Å²) < 4.78 is 27.9. The number of amides is 1. The van der Waals surface area contributed by atoms with Crippen LogP contribution in [0.4, 0.5) is 8.78 Å². The number of halogens is 2. The quantitative estimate of drug-likeness (QED) is 0.875. The van der Waals surface area contributed by atoms with Gasteiger partial charge in [-0.3, -0.25) is 4.79 Å². The van der Waals surface area contributed by atoms with Crippen LogP contribution < -0.4 is 11.1 Å². The van der Waals surface area contributed by atoms with Crippen LogP contribution in [0.25, 0.3) is 0 Å². The Bertz CT molecular complexity index is 533. The number of primary amides is 1. The normalized spacial score (nSPS) is 30.2. The lowest BCUT2D eigenvalue weighted by Gasteiger charge is -2.39. The zero-order chi connectivity index (χ0) is 15.0. The molecule has 3 nitrogen and oxygen atoms in total. The highest BCUT2D eigenvalue weighted by Gasteiger charge is 2.39. The molecule has 0 bridgehead atoms. The largest absolute Gasteiger partial charge is 0.369 e. The number of piperidine rings is 1. The third-order valence-corrected chi connectivity index (χ3v) is 4.13. The van der Waals surface area contributed by atoms with Crippen molar-refractivity contribution in [3.63, 3.8) is 0 Å². The van der Waals surface area contributed by atoms with E-state index in [-0.39, 0.29) is 23.1 Å². The van der Waals surface area contributed by atoms with Crippen molar-refractivity contribution in [3.05, 3.63) is 34.9 Å². The first kappa shape index (κ1) is 14.9. The summed E-state index contributed by atoms with van der Waals surface area (Å²) in [6, 6.07) is 2.60. The van der Waals surface area contributed by atoms with E-state index >= 15 is 0 Å². The third kappa shape index (κ3) is 2.54. The zero-order valence-electron chi connectivity index (χ0n) is 11.9. The molecule has 0 aromatic heterocycles. The highest BCUT2D eigenvalue weighted by molar-refractivity contribution is 5.78. The van der Waals surface area contributed by atoms with Crippen molar-refractivity contribution >= 4 is 5.91 Å². The van der Waals surface area contributed by atoms with Crippen molar-refractivity contribution in [2.75, 3.05) is 0 Å². The average Bonchev–Trinajstić information content (AvgIpc) is 2.34. The maximum atomic E-state index is 14.2. The van der Waals surface area contributed by atoms with Crippen LogP contribution in [0.5, 0.6) is 0 Å². The van der Waals surface area contributed by atoms with E-state index in [0.717, 1.165) is 6.42 Å². The van der Waals surface area contributed by atoms with Crippen LogP contribution in [0.2, 0.25) is 0 Å². The number of carbonyl (C=O) groups excluding carboxylic acids is 1. The lowest BCUT2D eigenvalue weighted by molar-refractivity contribution is -0.125. The molecule has 2 rings (SSSR count). The molecule has 20 heavy (non-hydrogen) atoms. The summed E-state index contributed by atoms with van der Waals surface area (Å²) in [4.78, 5) is 11.7. The molecule has 110 valence electrons. The predicted octanol–water partition coefficient (Wildman–Crippen LogP) is 2.43. The molecular formula is C15H20F2N2O. The number of hydrogen-bond donors (Lipinski definition) is 2. The monoisotopic (exact) mass is 282 g/mol. The Kier molecular flexibility index (Phi) is 4.09. The number of carbonyl (C=O) groups is 1. The average molecular weight is 282 g/mol. The van der Waals surface area contributed by atoms with Crippen molar-refractivity contribution in [3.8, 4) is 0 Å². The van der Waals surface area contributed by atoms with E-state index in [9.17, 15) is 13.6 Å². The van der Waals surface area contributed by atoms with Gasteiger partial charge in [0.15, 0.2) is 11.6 Å². The van der Waals surface area contributed by atoms with Gasteiger partial charge < -0.3 is 11.1 Å². The van der Waals surface area contributed by atoms with Gasteiger partial charge in [0.05, 0.1) is 5.92 Å². The standard InChI is InChI=1S/C15H20F2N2O/c1-7-4-5-10(13(17)12(7)16)14-11(15(18)20)8(2)6-9(3)19-14/h4-5,8-9,11,14,19H,6H2,1-3H3,(H2,18,20). The van der Waals surface area contributed by atoms with Gasteiger partial charge in [0.25, 0.3) is 0 Å². The summed E-state index contributed by atoms with van der Waals surface area (Å²) in [5.74, 6) is -2.75. The fourth-order valence-electron chi connectivity index (χ4n) is 3.14. The van der Waals surface area contributed by atoms with Gasteiger partial charge in [0, 0.05) is 17.6 Å². The molecule has 0 spiro atoms. The molecule has 1 heterocycles. The lowest BCUT2D eigenvalue weighted by Crippen LogP contribution is -2.49. The maximum Gasteiger partial charge on any atom is 0.222 e. The van der Waals surface area contributed by atoms with Gasteiger partial charge in [0.1, 0.15) is 0 Å². The summed E-state index contributed by atoms with van der Waals surface area (Å²) in [5, 5.41) is 3.17. The van der Waals surface area contributed by atoms with Crippen molar-refractivity contribution in [2.24, 2.45) is 17.6 Å². The van der Waals surface area contributed by atoms with Crippen molar-refractivity contribution < 1.29 is 13.6 Å². The summed E-state index contributed by atoms with van der Waals surface area (Å²) in [6.07, 6.45) is 0.778. The summed E-state index contributed by atoms with van der Waals surface area (Å²) in [7, 11) is 0. The van der Waals surface area contributed by atoms with E-state index < -0.39 is 29.5 Å². The molecule has 0 radical (unpaired) electrons. The van der Waals surface area contributed by atoms with E-state index in [2.05, 4.69) is 5.32 Å². The molecule has 1 aliphatic rings. The van der Waals surface area contributed by atoms with Crippen LogP contribution in [0, 0.1) is 30.4 Å². The second-order valence-corrected chi connectivity index (χ2v) is 5.79. The van der Waals surface area contributed by atoms with Gasteiger partial charge in [-0.1, -0.05) is 19.1 Å². The number of hydrogen-bond acceptors (Lipinski definition) is 2. The zero-order valence-corrected chi connectivity index (χ0v) is 11.9. The second-order valence-electron chi connectivity index (χ2n) is 5.79. The van der Waals surface area contributed by atoms with E-state index in [1.807, 2.05) is 13.8 Å². The number of rotatable bonds is 2. The molecular weight excluding hydrogens is 262 g/mol. The van der Waals surface area contributed by atoms with E-state index in [0.29, 0.717) is 0 Å². The Morgan fingerprint density at radius 2 is 1.95 bits per heavy atom. The summed E-state index contributed by atoms with van der Waals surface area (Å²) in [5.41, 5.74) is 5.88. The van der Waals surface area contributed by atoms with Crippen LogP contribution in [0.15, 0.2) is 12.1 Å². The summed E-state index contributed by atoms with van der Waals surface area (Å²) in [6.45, 7) is 5.39. The molecule has 3 N–H and O–H groups in total. The van der Waals surface area contributed by atoms with Gasteiger partial charge in [-0.05, 0) is 31.7 Å². The number of aryl methyl sites for hydroxylation is 1. The first-order valence-electron chi connectivity index (χ1n) is 6.82. The van der Waals surface area contributed by atoms with Crippen LogP contribution in [-0.4, -0.2) is 11.9 Å². The Morgan fingerprint density at radius 1 is 1.30 bits per heavy atom. The van der Waals surface area contributed by atoms with Crippen molar-refractivity contribution in [2.45, 2.75) is 39.3 Å². The molecule has 0 saturated carbocycles. The van der Waals surface area contributed by atoms with Gasteiger partial charge in [-0.2, -0.15) is 0 Å². The number of benzene rings is 1. The third-order valence-electron chi connectivity index (χ3n) is 4.13. The smallest absolute Gasteiger partial charge is 0.222 e. The minimum Gasteiger partial charge on any atom is -0.369 e. The highest BCUT2D eigenvalue weighted by atomic mass is 19.2. The second kappa shape index (κ2) is 5.48. The van der Waals surface area contributed by atoms with Gasteiger partial charge in [0.2, 0.25) is 5.91 Å². The molecule has 4 atom stereocenters. The molecule has 1 fully saturated rings. The Labute approximate surface area is 117 Å². The van der Waals surface area contributed by atoms with Crippen LogP contribution >= 0.6 is 0 Å². The molecule has 1 amide bonds. The molecule has 1 aromatic carbocycles. The minimum atomic E-state index is -0.893.